The third-order valence-electron chi connectivity index (χ3n) is 6.74. The molecule has 1 unspecified atom stereocenters. The molecule has 3 heterocycles. The van der Waals surface area contributed by atoms with Gasteiger partial charge in [-0.3, -0.25) is 4.90 Å². The molecule has 0 radical (unpaired) electrons. The van der Waals surface area contributed by atoms with Crippen LogP contribution in [0.15, 0.2) is 35.3 Å². The van der Waals surface area contributed by atoms with Crippen LogP contribution in [0, 0.1) is 5.82 Å². The largest absolute Gasteiger partial charge is 0.367 e. The molecule has 0 saturated carbocycles. The lowest BCUT2D eigenvalue weighted by Gasteiger charge is -2.35. The Hall–Kier alpha value is -1.39. The smallest absolute Gasteiger partial charge is 0.194 e. The predicted octanol–water partition coefficient (Wildman–Crippen LogP) is 3.00. The van der Waals surface area contributed by atoms with Crippen LogP contribution in [0.5, 0.6) is 0 Å². The Balaban J connectivity index is 0.00000289. The zero-order chi connectivity index (χ0) is 21.6. The Morgan fingerprint density at radius 1 is 1.09 bits per heavy atom. The Labute approximate surface area is 209 Å². The normalized spacial score (nSPS) is 22.5. The summed E-state index contributed by atoms with van der Waals surface area (Å²) >= 11 is 0. The van der Waals surface area contributed by atoms with E-state index in [9.17, 15) is 4.39 Å². The maximum atomic E-state index is 14.9. The monoisotopic (exact) mass is 556 g/mol. The molecule has 178 valence electrons. The van der Waals surface area contributed by atoms with Crippen molar-refractivity contribution in [3.05, 3.63) is 41.7 Å². The summed E-state index contributed by atoms with van der Waals surface area (Å²) in [5.41, 5.74) is 1.64. The van der Waals surface area contributed by atoms with E-state index < -0.39 is 0 Å². The van der Waals surface area contributed by atoms with E-state index in [2.05, 4.69) is 50.9 Å². The van der Waals surface area contributed by atoms with Crippen molar-refractivity contribution in [1.29, 1.82) is 0 Å². The molecule has 1 aromatic rings. The van der Waals surface area contributed by atoms with Crippen molar-refractivity contribution < 1.29 is 4.39 Å². The van der Waals surface area contributed by atoms with Gasteiger partial charge in [-0.05, 0) is 37.6 Å². The molecule has 2 fully saturated rings. The Bertz CT molecular complexity index is 785. The van der Waals surface area contributed by atoms with Gasteiger partial charge in [0.2, 0.25) is 0 Å². The van der Waals surface area contributed by atoms with E-state index in [1.807, 2.05) is 12.1 Å². The van der Waals surface area contributed by atoms with Gasteiger partial charge in [0.1, 0.15) is 5.82 Å². The number of benzene rings is 1. The minimum atomic E-state index is -0.134. The van der Waals surface area contributed by atoms with Crippen molar-refractivity contribution in [2.24, 2.45) is 4.99 Å². The molecule has 0 bridgehead atoms. The van der Waals surface area contributed by atoms with Crippen LogP contribution in [-0.4, -0.2) is 92.1 Å². The van der Waals surface area contributed by atoms with E-state index in [0.717, 1.165) is 82.7 Å². The van der Waals surface area contributed by atoms with Gasteiger partial charge in [0, 0.05) is 64.9 Å². The van der Waals surface area contributed by atoms with Crippen LogP contribution in [-0.2, 0) is 6.54 Å². The van der Waals surface area contributed by atoms with E-state index in [1.165, 1.54) is 6.42 Å². The first kappa shape index (κ1) is 25.2. The first-order valence-corrected chi connectivity index (χ1v) is 11.9. The molecule has 8 heteroatoms. The molecule has 1 N–H and O–H groups in total. The zero-order valence-corrected chi connectivity index (χ0v) is 21.8. The number of rotatable bonds is 6. The summed E-state index contributed by atoms with van der Waals surface area (Å²) in [5.74, 6) is 0.808. The number of likely N-dealkylation sites (tertiary alicyclic amines) is 1. The van der Waals surface area contributed by atoms with Gasteiger partial charge in [-0.1, -0.05) is 25.1 Å². The highest BCUT2D eigenvalue weighted by atomic mass is 127. The number of piperazine rings is 1. The Morgan fingerprint density at radius 3 is 2.50 bits per heavy atom. The average molecular weight is 557 g/mol. The van der Waals surface area contributed by atoms with Gasteiger partial charge in [-0.2, -0.15) is 0 Å². The van der Waals surface area contributed by atoms with Gasteiger partial charge in [0.25, 0.3) is 0 Å². The van der Waals surface area contributed by atoms with E-state index in [0.29, 0.717) is 12.6 Å². The number of hydrogen-bond donors (Lipinski definition) is 1. The van der Waals surface area contributed by atoms with Crippen molar-refractivity contribution >= 4 is 35.6 Å². The standard InChI is InChI=1S/C24H37FN6.HI/c1-3-26-24(31-12-9-21(19-31)29-10-5-6-11-29)27-18-20-7-8-23(22(25)17-20)30-15-13-28(4-2)14-16-30;/h5-8,17,21H,3-4,9-16,18-19H2,1-2H3,(H,26,27);1H. The molecule has 3 aliphatic heterocycles. The van der Waals surface area contributed by atoms with Crippen LogP contribution in [0.1, 0.15) is 25.8 Å². The summed E-state index contributed by atoms with van der Waals surface area (Å²) in [6.07, 6.45) is 5.68. The van der Waals surface area contributed by atoms with Crippen LogP contribution in [0.4, 0.5) is 10.1 Å². The molecule has 6 nitrogen and oxygen atoms in total. The zero-order valence-electron chi connectivity index (χ0n) is 19.5. The maximum absolute atomic E-state index is 14.9. The fourth-order valence-electron chi connectivity index (χ4n) is 4.83. The third-order valence-corrected chi connectivity index (χ3v) is 6.74. The molecule has 32 heavy (non-hydrogen) atoms. The second-order valence-electron chi connectivity index (χ2n) is 8.69. The van der Waals surface area contributed by atoms with Crippen LogP contribution in [0.25, 0.3) is 0 Å². The molecule has 3 aliphatic rings. The number of nitrogens with zero attached hydrogens (tertiary/aromatic N) is 5. The van der Waals surface area contributed by atoms with Crippen LogP contribution < -0.4 is 10.2 Å². The van der Waals surface area contributed by atoms with Gasteiger partial charge in [0.05, 0.1) is 12.2 Å². The SMILES string of the molecule is CCNC(=NCc1ccc(N2CCN(CC)CC2)c(F)c1)N1CCC(N2CC=CC2)C1.I. The summed E-state index contributed by atoms with van der Waals surface area (Å²) < 4.78 is 14.9. The van der Waals surface area contributed by atoms with Crippen molar-refractivity contribution in [3.8, 4) is 0 Å². The molecule has 0 aliphatic carbocycles. The molecule has 0 amide bonds. The first-order chi connectivity index (χ1) is 15.2. The molecule has 1 aromatic carbocycles. The minimum absolute atomic E-state index is 0. The first-order valence-electron chi connectivity index (χ1n) is 11.9. The Kier molecular flexibility index (Phi) is 9.61. The quantitative estimate of drug-likeness (QED) is 0.253. The lowest BCUT2D eigenvalue weighted by Crippen LogP contribution is -2.46. The van der Waals surface area contributed by atoms with Gasteiger partial charge in [-0.15, -0.1) is 24.0 Å². The van der Waals surface area contributed by atoms with Crippen molar-refractivity contribution in [1.82, 2.24) is 20.0 Å². The number of hydrogen-bond acceptors (Lipinski definition) is 4. The second-order valence-corrected chi connectivity index (χ2v) is 8.69. The highest BCUT2D eigenvalue weighted by Gasteiger charge is 2.29. The number of anilines is 1. The van der Waals surface area contributed by atoms with Gasteiger partial charge < -0.3 is 20.0 Å². The second kappa shape index (κ2) is 12.2. The fourth-order valence-corrected chi connectivity index (χ4v) is 4.83. The highest BCUT2D eigenvalue weighted by Crippen LogP contribution is 2.23. The van der Waals surface area contributed by atoms with Crippen LogP contribution in [0.3, 0.4) is 0 Å². The van der Waals surface area contributed by atoms with E-state index in [1.54, 1.807) is 6.07 Å². The lowest BCUT2D eigenvalue weighted by atomic mass is 10.1. The summed E-state index contributed by atoms with van der Waals surface area (Å²) in [7, 11) is 0. The molecular weight excluding hydrogens is 518 g/mol. The number of likely N-dealkylation sites (N-methyl/N-ethyl adjacent to an activating group) is 1. The van der Waals surface area contributed by atoms with Crippen molar-refractivity contribution in [3.63, 3.8) is 0 Å². The third kappa shape index (κ3) is 6.14. The average Bonchev–Trinajstić information content (AvgIpc) is 3.49. The van der Waals surface area contributed by atoms with Gasteiger partial charge in [0.15, 0.2) is 5.96 Å². The summed E-state index contributed by atoms with van der Waals surface area (Å²) in [6.45, 7) is 14.6. The summed E-state index contributed by atoms with van der Waals surface area (Å²) in [4.78, 5) is 14.3. The summed E-state index contributed by atoms with van der Waals surface area (Å²) in [5, 5.41) is 3.43. The minimum Gasteiger partial charge on any atom is -0.367 e. The predicted molar refractivity (Wildman–Crippen MR) is 142 cm³/mol. The topological polar surface area (TPSA) is 37.4 Å². The van der Waals surface area contributed by atoms with E-state index in [-0.39, 0.29) is 29.8 Å². The number of nitrogens with one attached hydrogen (secondary N) is 1. The molecule has 1 atom stereocenters. The molecule has 0 spiro atoms. The van der Waals surface area contributed by atoms with Gasteiger partial charge >= 0.3 is 0 Å². The van der Waals surface area contributed by atoms with E-state index >= 15 is 0 Å². The number of halogens is 2. The summed E-state index contributed by atoms with van der Waals surface area (Å²) in [6, 6.07) is 6.21. The fraction of sp³-hybridized carbons (Fsp3) is 0.625. The molecule has 4 rings (SSSR count). The van der Waals surface area contributed by atoms with Crippen LogP contribution >= 0.6 is 24.0 Å². The Morgan fingerprint density at radius 2 is 1.84 bits per heavy atom. The van der Waals surface area contributed by atoms with Crippen molar-refractivity contribution in [2.75, 3.05) is 70.3 Å². The molecular formula is C24H38FIN6. The van der Waals surface area contributed by atoms with Gasteiger partial charge in [-0.25, -0.2) is 9.38 Å². The van der Waals surface area contributed by atoms with Crippen molar-refractivity contribution in [2.45, 2.75) is 32.9 Å². The number of guanidine groups is 1. The molecule has 2 saturated heterocycles. The number of aliphatic imine (C=N–C) groups is 1. The maximum Gasteiger partial charge on any atom is 0.194 e. The van der Waals surface area contributed by atoms with Crippen LogP contribution in [0.2, 0.25) is 0 Å². The van der Waals surface area contributed by atoms with E-state index in [4.69, 9.17) is 4.99 Å². The lowest BCUT2D eigenvalue weighted by molar-refractivity contribution is 0.259. The highest BCUT2D eigenvalue weighted by molar-refractivity contribution is 14.0. The molecule has 0 aromatic heterocycles.